The van der Waals surface area contributed by atoms with Gasteiger partial charge in [0.15, 0.2) is 6.61 Å². The number of ether oxygens (including phenoxy) is 1. The lowest BCUT2D eigenvalue weighted by molar-refractivity contribution is -0.118. The fourth-order valence-corrected chi connectivity index (χ4v) is 2.00. The van der Waals surface area contributed by atoms with Gasteiger partial charge in [0, 0.05) is 5.69 Å². The van der Waals surface area contributed by atoms with E-state index in [0.29, 0.717) is 11.7 Å². The van der Waals surface area contributed by atoms with Gasteiger partial charge < -0.3 is 10.1 Å². The molecule has 0 atom stereocenters. The summed E-state index contributed by atoms with van der Waals surface area (Å²) in [6.45, 7) is 6.26. The van der Waals surface area contributed by atoms with Crippen molar-refractivity contribution in [2.45, 2.75) is 26.7 Å². The number of para-hydroxylation sites is 1. The molecule has 0 bridgehead atoms. The second-order valence-corrected chi connectivity index (χ2v) is 5.38. The van der Waals surface area contributed by atoms with E-state index in [1.54, 1.807) is 0 Å². The minimum absolute atomic E-state index is 0.00929. The molecule has 2 rings (SSSR count). The standard InChI is InChI=1S/C18H21NO2/c1-13(2)15-8-10-16(11-9-15)21-12-18(20)19-17-7-5-4-6-14(17)3/h4-11,13H,12H2,1-3H3,(H,19,20). The average Bonchev–Trinajstić information content (AvgIpc) is 2.48. The van der Waals surface area contributed by atoms with Crippen LogP contribution >= 0.6 is 0 Å². The number of hydrogen-bond donors (Lipinski definition) is 1. The highest BCUT2D eigenvalue weighted by molar-refractivity contribution is 5.92. The maximum absolute atomic E-state index is 11.9. The average molecular weight is 283 g/mol. The van der Waals surface area contributed by atoms with Gasteiger partial charge in [-0.05, 0) is 42.2 Å². The zero-order valence-electron chi connectivity index (χ0n) is 12.7. The first-order chi connectivity index (χ1) is 10.1. The van der Waals surface area contributed by atoms with Crippen molar-refractivity contribution in [1.82, 2.24) is 0 Å². The topological polar surface area (TPSA) is 38.3 Å². The molecule has 0 fully saturated rings. The molecule has 3 heteroatoms. The molecule has 0 radical (unpaired) electrons. The molecule has 0 aromatic heterocycles. The summed E-state index contributed by atoms with van der Waals surface area (Å²) in [7, 11) is 0. The molecule has 0 saturated heterocycles. The Labute approximate surface area is 126 Å². The van der Waals surface area contributed by atoms with E-state index >= 15 is 0 Å². The van der Waals surface area contributed by atoms with Crippen molar-refractivity contribution in [2.24, 2.45) is 0 Å². The van der Waals surface area contributed by atoms with Gasteiger partial charge in [-0.3, -0.25) is 4.79 Å². The van der Waals surface area contributed by atoms with Crippen LogP contribution in [0, 0.1) is 6.92 Å². The van der Waals surface area contributed by atoms with Gasteiger partial charge in [0.05, 0.1) is 0 Å². The van der Waals surface area contributed by atoms with Crippen LogP contribution in [0.25, 0.3) is 0 Å². The number of amides is 1. The Balaban J connectivity index is 1.88. The van der Waals surface area contributed by atoms with Gasteiger partial charge in [-0.2, -0.15) is 0 Å². The molecule has 110 valence electrons. The summed E-state index contributed by atoms with van der Waals surface area (Å²) in [5.74, 6) is 1.04. The Hall–Kier alpha value is -2.29. The number of benzene rings is 2. The van der Waals surface area contributed by atoms with Gasteiger partial charge in [0.25, 0.3) is 5.91 Å². The van der Waals surface area contributed by atoms with E-state index in [9.17, 15) is 4.79 Å². The number of carbonyl (C=O) groups is 1. The first-order valence-corrected chi connectivity index (χ1v) is 7.14. The van der Waals surface area contributed by atoms with Crippen LogP contribution in [0.1, 0.15) is 30.9 Å². The van der Waals surface area contributed by atoms with Crippen LogP contribution in [0.5, 0.6) is 5.75 Å². The molecular formula is C18H21NO2. The lowest BCUT2D eigenvalue weighted by Gasteiger charge is -2.10. The van der Waals surface area contributed by atoms with Crippen molar-refractivity contribution < 1.29 is 9.53 Å². The molecule has 1 amide bonds. The van der Waals surface area contributed by atoms with Crippen LogP contribution in [-0.4, -0.2) is 12.5 Å². The van der Waals surface area contributed by atoms with Gasteiger partial charge in [-0.1, -0.05) is 44.2 Å². The second kappa shape index (κ2) is 6.93. The molecule has 0 spiro atoms. The largest absolute Gasteiger partial charge is 0.484 e. The first kappa shape index (κ1) is 15.1. The van der Waals surface area contributed by atoms with E-state index in [0.717, 1.165) is 11.3 Å². The summed E-state index contributed by atoms with van der Waals surface area (Å²) < 4.78 is 5.50. The molecule has 2 aromatic carbocycles. The van der Waals surface area contributed by atoms with Crippen molar-refractivity contribution in [3.8, 4) is 5.75 Å². The minimum atomic E-state index is -0.155. The van der Waals surface area contributed by atoms with E-state index in [1.807, 2.05) is 55.5 Å². The summed E-state index contributed by atoms with van der Waals surface area (Å²) in [5, 5.41) is 2.85. The van der Waals surface area contributed by atoms with Gasteiger partial charge in [-0.25, -0.2) is 0 Å². The van der Waals surface area contributed by atoms with Crippen LogP contribution in [0.3, 0.4) is 0 Å². The quantitative estimate of drug-likeness (QED) is 0.895. The third-order valence-corrected chi connectivity index (χ3v) is 3.34. The fourth-order valence-electron chi connectivity index (χ4n) is 2.00. The van der Waals surface area contributed by atoms with Gasteiger partial charge in [0.1, 0.15) is 5.75 Å². The second-order valence-electron chi connectivity index (χ2n) is 5.38. The number of hydrogen-bond acceptors (Lipinski definition) is 2. The van der Waals surface area contributed by atoms with E-state index in [-0.39, 0.29) is 12.5 Å². The summed E-state index contributed by atoms with van der Waals surface area (Å²) in [4.78, 5) is 11.9. The molecule has 0 saturated carbocycles. The van der Waals surface area contributed by atoms with Crippen LogP contribution in [0.15, 0.2) is 48.5 Å². The molecule has 0 unspecified atom stereocenters. The first-order valence-electron chi connectivity index (χ1n) is 7.14. The molecule has 3 nitrogen and oxygen atoms in total. The Morgan fingerprint density at radius 1 is 1.10 bits per heavy atom. The summed E-state index contributed by atoms with van der Waals surface area (Å²) in [6, 6.07) is 15.5. The lowest BCUT2D eigenvalue weighted by Crippen LogP contribution is -2.20. The van der Waals surface area contributed by atoms with Crippen LogP contribution < -0.4 is 10.1 Å². The molecule has 0 aliphatic rings. The maximum Gasteiger partial charge on any atom is 0.262 e. The normalized spacial score (nSPS) is 10.5. The molecule has 1 N–H and O–H groups in total. The number of carbonyl (C=O) groups excluding carboxylic acids is 1. The predicted octanol–water partition coefficient (Wildman–Crippen LogP) is 4.14. The third kappa shape index (κ3) is 4.35. The maximum atomic E-state index is 11.9. The highest BCUT2D eigenvalue weighted by atomic mass is 16.5. The van der Waals surface area contributed by atoms with Crippen molar-refractivity contribution >= 4 is 11.6 Å². The number of aryl methyl sites for hydroxylation is 1. The summed E-state index contributed by atoms with van der Waals surface area (Å²) in [5.41, 5.74) is 3.11. The van der Waals surface area contributed by atoms with E-state index in [2.05, 4.69) is 19.2 Å². The minimum Gasteiger partial charge on any atom is -0.484 e. The smallest absolute Gasteiger partial charge is 0.262 e. The molecule has 2 aromatic rings. The zero-order chi connectivity index (χ0) is 15.2. The fraction of sp³-hybridized carbons (Fsp3) is 0.278. The zero-order valence-corrected chi connectivity index (χ0v) is 12.7. The van der Waals surface area contributed by atoms with E-state index < -0.39 is 0 Å². The summed E-state index contributed by atoms with van der Waals surface area (Å²) >= 11 is 0. The predicted molar refractivity (Wildman–Crippen MR) is 85.8 cm³/mol. The van der Waals surface area contributed by atoms with Crippen LogP contribution in [0.4, 0.5) is 5.69 Å². The number of nitrogens with one attached hydrogen (secondary N) is 1. The molecular weight excluding hydrogens is 262 g/mol. The summed E-state index contributed by atoms with van der Waals surface area (Å²) in [6.07, 6.45) is 0. The molecule has 0 heterocycles. The van der Waals surface area contributed by atoms with Gasteiger partial charge in [0.2, 0.25) is 0 Å². The highest BCUT2D eigenvalue weighted by Crippen LogP contribution is 2.18. The third-order valence-electron chi connectivity index (χ3n) is 3.34. The Morgan fingerprint density at radius 2 is 1.76 bits per heavy atom. The Morgan fingerprint density at radius 3 is 2.38 bits per heavy atom. The van der Waals surface area contributed by atoms with Crippen LogP contribution in [-0.2, 0) is 4.79 Å². The van der Waals surface area contributed by atoms with Gasteiger partial charge >= 0.3 is 0 Å². The lowest BCUT2D eigenvalue weighted by atomic mass is 10.0. The highest BCUT2D eigenvalue weighted by Gasteiger charge is 2.06. The SMILES string of the molecule is Cc1ccccc1NC(=O)COc1ccc(C(C)C)cc1. The van der Waals surface area contributed by atoms with Crippen molar-refractivity contribution in [3.05, 3.63) is 59.7 Å². The number of anilines is 1. The van der Waals surface area contributed by atoms with E-state index in [1.165, 1.54) is 5.56 Å². The molecule has 0 aliphatic heterocycles. The van der Waals surface area contributed by atoms with E-state index in [4.69, 9.17) is 4.74 Å². The van der Waals surface area contributed by atoms with Crippen LogP contribution in [0.2, 0.25) is 0 Å². The Kier molecular flexibility index (Phi) is 4.99. The number of rotatable bonds is 5. The van der Waals surface area contributed by atoms with Crippen molar-refractivity contribution in [3.63, 3.8) is 0 Å². The Bertz CT molecular complexity index is 603. The van der Waals surface area contributed by atoms with Crippen molar-refractivity contribution in [2.75, 3.05) is 11.9 Å². The molecule has 21 heavy (non-hydrogen) atoms. The molecule has 0 aliphatic carbocycles. The van der Waals surface area contributed by atoms with Crippen molar-refractivity contribution in [1.29, 1.82) is 0 Å². The monoisotopic (exact) mass is 283 g/mol. The van der Waals surface area contributed by atoms with Gasteiger partial charge in [-0.15, -0.1) is 0 Å².